The Morgan fingerprint density at radius 3 is 2.29 bits per heavy atom. The molecule has 35 heavy (non-hydrogen) atoms. The van der Waals surface area contributed by atoms with Crippen molar-refractivity contribution >= 4 is 28.2 Å². The number of hydrogen-bond donors (Lipinski definition) is 1. The predicted molar refractivity (Wildman–Crippen MR) is 139 cm³/mol. The molecule has 0 radical (unpaired) electrons. The van der Waals surface area contributed by atoms with E-state index in [0.29, 0.717) is 34.6 Å². The van der Waals surface area contributed by atoms with Crippen molar-refractivity contribution in [1.29, 1.82) is 0 Å². The monoisotopic (exact) mass is 489 g/mol. The molecule has 0 bridgehead atoms. The Morgan fingerprint density at radius 2 is 1.69 bits per heavy atom. The van der Waals surface area contributed by atoms with Gasteiger partial charge in [-0.2, -0.15) is 0 Å². The first-order valence-corrected chi connectivity index (χ1v) is 13.1. The third-order valence-electron chi connectivity index (χ3n) is 7.15. The SMILES string of the molecule is CCOC(=O)c1c(NC(=O)C2c3ccccc3Oc3ccccc32)sc2c1CCC(C(C)(C)C)C2. The highest BCUT2D eigenvalue weighted by Gasteiger charge is 2.37. The molecule has 1 unspecified atom stereocenters. The van der Waals surface area contributed by atoms with Crippen LogP contribution >= 0.6 is 11.3 Å². The third-order valence-corrected chi connectivity index (χ3v) is 8.32. The molecule has 2 aromatic carbocycles. The molecule has 1 aromatic heterocycles. The second kappa shape index (κ2) is 9.15. The van der Waals surface area contributed by atoms with Crippen LogP contribution in [-0.2, 0) is 22.4 Å². The highest BCUT2D eigenvalue weighted by molar-refractivity contribution is 7.17. The van der Waals surface area contributed by atoms with Crippen LogP contribution in [0.15, 0.2) is 48.5 Å². The van der Waals surface area contributed by atoms with E-state index in [-0.39, 0.29) is 17.3 Å². The van der Waals surface area contributed by atoms with Crippen LogP contribution < -0.4 is 10.1 Å². The number of amides is 1. The summed E-state index contributed by atoms with van der Waals surface area (Å²) in [6.07, 6.45) is 2.75. The summed E-state index contributed by atoms with van der Waals surface area (Å²) < 4.78 is 11.5. The van der Waals surface area contributed by atoms with E-state index in [1.807, 2.05) is 48.5 Å². The zero-order chi connectivity index (χ0) is 24.7. The van der Waals surface area contributed by atoms with Crippen molar-refractivity contribution in [2.24, 2.45) is 11.3 Å². The number of para-hydroxylation sites is 2. The van der Waals surface area contributed by atoms with Gasteiger partial charge >= 0.3 is 5.97 Å². The fraction of sp³-hybridized carbons (Fsp3) is 0.379. The molecule has 1 aliphatic heterocycles. The zero-order valence-corrected chi connectivity index (χ0v) is 21.5. The minimum Gasteiger partial charge on any atom is -0.462 e. The molecule has 1 N–H and O–H groups in total. The molecule has 0 saturated carbocycles. The molecule has 1 aliphatic carbocycles. The van der Waals surface area contributed by atoms with Crippen LogP contribution in [0.3, 0.4) is 0 Å². The Kier molecular flexibility index (Phi) is 6.18. The van der Waals surface area contributed by atoms with Crippen LogP contribution in [0.25, 0.3) is 0 Å². The largest absolute Gasteiger partial charge is 0.462 e. The lowest BCUT2D eigenvalue weighted by molar-refractivity contribution is -0.116. The van der Waals surface area contributed by atoms with E-state index in [1.165, 1.54) is 16.2 Å². The molecule has 1 atom stereocenters. The summed E-state index contributed by atoms with van der Waals surface area (Å²) in [5.41, 5.74) is 3.38. The number of benzene rings is 2. The quantitative estimate of drug-likeness (QED) is 0.403. The zero-order valence-electron chi connectivity index (χ0n) is 20.6. The van der Waals surface area contributed by atoms with Gasteiger partial charge in [0.1, 0.15) is 16.5 Å². The average molecular weight is 490 g/mol. The molecular formula is C29H31NO4S. The molecule has 2 aliphatic rings. The fourth-order valence-corrected chi connectivity index (χ4v) is 6.53. The van der Waals surface area contributed by atoms with E-state index in [1.54, 1.807) is 6.92 Å². The van der Waals surface area contributed by atoms with Crippen LogP contribution in [0.1, 0.15) is 72.0 Å². The number of anilines is 1. The number of rotatable bonds is 4. The standard InChI is InChI=1S/C29H31NO4S/c1-5-33-28(32)25-20-15-14-17(29(2,3)4)16-23(20)35-27(25)30-26(31)24-18-10-6-8-12-21(18)34-22-13-9-7-11-19(22)24/h6-13,17,24H,5,14-16H2,1-4H3,(H,30,31). The number of esters is 1. The van der Waals surface area contributed by atoms with E-state index in [4.69, 9.17) is 9.47 Å². The smallest absolute Gasteiger partial charge is 0.341 e. The van der Waals surface area contributed by atoms with Gasteiger partial charge in [0.15, 0.2) is 0 Å². The van der Waals surface area contributed by atoms with E-state index >= 15 is 0 Å². The van der Waals surface area contributed by atoms with Gasteiger partial charge in [-0.05, 0) is 55.2 Å². The molecule has 6 heteroatoms. The molecule has 2 heterocycles. The maximum atomic E-state index is 13.8. The van der Waals surface area contributed by atoms with Crippen LogP contribution in [0.5, 0.6) is 11.5 Å². The first-order chi connectivity index (χ1) is 16.8. The lowest BCUT2D eigenvalue weighted by Crippen LogP contribution is -2.27. The topological polar surface area (TPSA) is 64.6 Å². The number of hydrogen-bond acceptors (Lipinski definition) is 5. The van der Waals surface area contributed by atoms with E-state index in [0.717, 1.165) is 36.0 Å². The van der Waals surface area contributed by atoms with Crippen molar-refractivity contribution in [3.8, 4) is 11.5 Å². The van der Waals surface area contributed by atoms with Crippen molar-refractivity contribution < 1.29 is 19.1 Å². The van der Waals surface area contributed by atoms with Crippen LogP contribution in [0, 0.1) is 11.3 Å². The molecule has 1 amide bonds. The highest BCUT2D eigenvalue weighted by atomic mass is 32.1. The van der Waals surface area contributed by atoms with Gasteiger partial charge in [-0.25, -0.2) is 4.79 Å². The minimum atomic E-state index is -0.535. The molecule has 0 spiro atoms. The molecular weight excluding hydrogens is 458 g/mol. The summed E-state index contributed by atoms with van der Waals surface area (Å²) in [5.74, 6) is 0.812. The number of carbonyl (C=O) groups is 2. The van der Waals surface area contributed by atoms with Gasteiger partial charge in [-0.3, -0.25) is 4.79 Å². The lowest BCUT2D eigenvalue weighted by Gasteiger charge is -2.33. The Morgan fingerprint density at radius 1 is 1.06 bits per heavy atom. The number of fused-ring (bicyclic) bond motifs is 3. The first kappa shape index (κ1) is 23.6. The number of carbonyl (C=O) groups excluding carboxylic acids is 2. The van der Waals surface area contributed by atoms with Crippen LogP contribution in [0.2, 0.25) is 0 Å². The van der Waals surface area contributed by atoms with Gasteiger partial charge in [-0.1, -0.05) is 57.2 Å². The maximum Gasteiger partial charge on any atom is 0.341 e. The Balaban J connectivity index is 1.53. The number of ether oxygens (including phenoxy) is 2. The maximum absolute atomic E-state index is 13.8. The van der Waals surface area contributed by atoms with Gasteiger partial charge in [0.25, 0.3) is 0 Å². The van der Waals surface area contributed by atoms with E-state index in [2.05, 4.69) is 26.1 Å². The lowest BCUT2D eigenvalue weighted by atomic mass is 9.72. The van der Waals surface area contributed by atoms with E-state index < -0.39 is 5.92 Å². The summed E-state index contributed by atoms with van der Waals surface area (Å²) in [7, 11) is 0. The van der Waals surface area contributed by atoms with Crippen molar-refractivity contribution in [1.82, 2.24) is 0 Å². The second-order valence-corrected chi connectivity index (χ2v) is 11.4. The minimum absolute atomic E-state index is 0.176. The summed E-state index contributed by atoms with van der Waals surface area (Å²) in [5, 5.41) is 3.73. The number of thiophene rings is 1. The van der Waals surface area contributed by atoms with Crippen molar-refractivity contribution in [2.45, 2.75) is 52.9 Å². The molecule has 5 nitrogen and oxygen atoms in total. The van der Waals surface area contributed by atoms with Crippen LogP contribution in [-0.4, -0.2) is 18.5 Å². The van der Waals surface area contributed by atoms with Gasteiger partial charge in [0.05, 0.1) is 18.1 Å². The van der Waals surface area contributed by atoms with Gasteiger partial charge in [0, 0.05) is 16.0 Å². The Labute approximate surface area is 210 Å². The summed E-state index contributed by atoms with van der Waals surface area (Å²) in [6.45, 7) is 8.91. The highest BCUT2D eigenvalue weighted by Crippen LogP contribution is 2.47. The predicted octanol–water partition coefficient (Wildman–Crippen LogP) is 6.95. The van der Waals surface area contributed by atoms with E-state index in [9.17, 15) is 9.59 Å². The molecule has 182 valence electrons. The first-order valence-electron chi connectivity index (χ1n) is 12.3. The van der Waals surface area contributed by atoms with Crippen molar-refractivity contribution in [2.75, 3.05) is 11.9 Å². The summed E-state index contributed by atoms with van der Waals surface area (Å²) in [6, 6.07) is 15.2. The second-order valence-electron chi connectivity index (χ2n) is 10.3. The molecule has 3 aromatic rings. The Hall–Kier alpha value is -3.12. The third kappa shape index (κ3) is 4.36. The summed E-state index contributed by atoms with van der Waals surface area (Å²) in [4.78, 5) is 28.1. The normalized spacial score (nSPS) is 17.0. The molecule has 0 fully saturated rings. The van der Waals surface area contributed by atoms with Crippen LogP contribution in [0.4, 0.5) is 5.00 Å². The van der Waals surface area contributed by atoms with Crippen molar-refractivity contribution in [3.05, 3.63) is 75.7 Å². The van der Waals surface area contributed by atoms with Gasteiger partial charge in [-0.15, -0.1) is 11.3 Å². The summed E-state index contributed by atoms with van der Waals surface area (Å²) >= 11 is 1.53. The molecule has 0 saturated heterocycles. The number of nitrogens with one attached hydrogen (secondary N) is 1. The average Bonchev–Trinajstić information content (AvgIpc) is 3.19. The van der Waals surface area contributed by atoms with Crippen molar-refractivity contribution in [3.63, 3.8) is 0 Å². The Bertz CT molecular complexity index is 1240. The van der Waals surface area contributed by atoms with Gasteiger partial charge in [0.2, 0.25) is 5.91 Å². The van der Waals surface area contributed by atoms with Gasteiger partial charge < -0.3 is 14.8 Å². The molecule has 5 rings (SSSR count). The fourth-order valence-electron chi connectivity index (χ4n) is 5.21.